The predicted molar refractivity (Wildman–Crippen MR) is 156 cm³/mol. The molecule has 1 spiro atoms. The maximum Gasteiger partial charge on any atom is 0.338 e. The minimum Gasteiger partial charge on any atom is -0.455 e. The third-order valence-corrected chi connectivity index (χ3v) is 12.9. The molecule has 1 saturated heterocycles. The third kappa shape index (κ3) is 3.55. The molecule has 0 unspecified atom stereocenters. The summed E-state index contributed by atoms with van der Waals surface area (Å²) in [5.41, 5.74) is -4.79. The number of carbonyl (C=O) groups excluding carboxylic acids is 2. The van der Waals surface area contributed by atoms with E-state index < -0.39 is 88.3 Å². The molecule has 12 heteroatoms. The number of hydrogen-bond acceptors (Lipinski definition) is 12. The largest absolute Gasteiger partial charge is 0.455 e. The SMILES string of the molecule is COC[C@]12CN(C)[C@H]3[C@H]4[C@@H](OC)[C@@H]1[C@@]3([C@@H]1C[C@@]3(O)[C@H](OC(=O)c5ccccc5)[C@@H]1[C@@]4(OC(C)=O)[C@@H](O)[C@H]3OC)[C@H](OC)C[C@@H]2O. The monoisotopic (exact) mass is 631 g/mol. The third-order valence-electron chi connectivity index (χ3n) is 12.9. The van der Waals surface area contributed by atoms with Gasteiger partial charge in [-0.15, -0.1) is 0 Å². The highest BCUT2D eigenvalue weighted by atomic mass is 16.6. The maximum atomic E-state index is 13.7. The van der Waals surface area contributed by atoms with E-state index in [1.54, 1.807) is 51.7 Å². The fourth-order valence-electron chi connectivity index (χ4n) is 12.2. The number of benzene rings is 1. The molecule has 7 bridgehead atoms. The van der Waals surface area contributed by atoms with Gasteiger partial charge in [-0.2, -0.15) is 0 Å². The molecule has 7 rings (SSSR count). The van der Waals surface area contributed by atoms with Crippen molar-refractivity contribution in [3.05, 3.63) is 35.9 Å². The Kier molecular flexibility index (Phi) is 7.28. The molecular weight excluding hydrogens is 586 g/mol. The number of esters is 2. The van der Waals surface area contributed by atoms with E-state index in [2.05, 4.69) is 4.90 Å². The molecule has 0 radical (unpaired) electrons. The van der Waals surface area contributed by atoms with E-state index in [0.29, 0.717) is 18.5 Å². The first kappa shape index (κ1) is 31.4. The maximum absolute atomic E-state index is 13.7. The molecule has 6 aliphatic rings. The van der Waals surface area contributed by atoms with Crippen LogP contribution in [0.15, 0.2) is 30.3 Å². The van der Waals surface area contributed by atoms with Crippen molar-refractivity contribution in [2.45, 2.75) is 73.6 Å². The molecule has 15 atom stereocenters. The Morgan fingerprint density at radius 2 is 1.71 bits per heavy atom. The van der Waals surface area contributed by atoms with Crippen molar-refractivity contribution in [1.82, 2.24) is 4.90 Å². The van der Waals surface area contributed by atoms with Gasteiger partial charge in [-0.1, -0.05) is 18.2 Å². The van der Waals surface area contributed by atoms with Gasteiger partial charge in [0.25, 0.3) is 0 Å². The van der Waals surface area contributed by atoms with Crippen molar-refractivity contribution in [3.63, 3.8) is 0 Å². The Morgan fingerprint density at radius 3 is 2.31 bits per heavy atom. The summed E-state index contributed by atoms with van der Waals surface area (Å²) in [6.07, 6.45) is -5.50. The van der Waals surface area contributed by atoms with Gasteiger partial charge >= 0.3 is 11.9 Å². The summed E-state index contributed by atoms with van der Waals surface area (Å²) in [4.78, 5) is 29.1. The van der Waals surface area contributed by atoms with Crippen LogP contribution in [0.25, 0.3) is 0 Å². The first-order chi connectivity index (χ1) is 21.4. The zero-order valence-electron chi connectivity index (χ0n) is 26.6. The molecule has 0 amide bonds. The molecule has 3 N–H and O–H groups in total. The van der Waals surface area contributed by atoms with Crippen molar-refractivity contribution >= 4 is 11.9 Å². The summed E-state index contributed by atoms with van der Waals surface area (Å²) in [5, 5.41) is 37.0. The number of aliphatic hydroxyl groups excluding tert-OH is 2. The second-order valence-electron chi connectivity index (χ2n) is 14.3. The van der Waals surface area contributed by atoms with Crippen molar-refractivity contribution < 1.29 is 53.3 Å². The lowest BCUT2D eigenvalue weighted by Crippen LogP contribution is -2.81. The Labute approximate surface area is 262 Å². The molecule has 0 aromatic heterocycles. The Balaban J connectivity index is 1.52. The van der Waals surface area contributed by atoms with E-state index in [-0.39, 0.29) is 25.0 Å². The molecule has 5 saturated carbocycles. The lowest BCUT2D eigenvalue weighted by molar-refractivity contribution is -0.321. The Hall–Kier alpha value is -2.16. The fraction of sp³-hybridized carbons (Fsp3) is 0.758. The summed E-state index contributed by atoms with van der Waals surface area (Å²) >= 11 is 0. The lowest BCUT2D eigenvalue weighted by Gasteiger charge is -2.70. The number of methoxy groups -OCH3 is 4. The van der Waals surface area contributed by atoms with Crippen LogP contribution >= 0.6 is 0 Å². The molecule has 1 aliphatic heterocycles. The standard InChI is InChI=1S/C33H45NO11/c1-16(35)45-33-21-18(13-31(39,28(43-6)26(33)37)27(21)44-29(38)17-10-8-7-9-11-17)32-20(41-4)12-19(36)30(15-40-3)14-34(2)25(32)22(33)23(42-5)24(30)32/h7-11,18-28,36-37,39H,12-15H2,1-6H3/t18-,19+,20-,21-,22-,23-,24+,25+,26+,27-,28-,30+,31-,32-,33+/m1/s1. The molecule has 248 valence electrons. The minimum atomic E-state index is -1.83. The Bertz CT molecular complexity index is 1350. The lowest BCUT2D eigenvalue weighted by atomic mass is 9.42. The van der Waals surface area contributed by atoms with Gasteiger partial charge < -0.3 is 48.6 Å². The summed E-state index contributed by atoms with van der Waals surface area (Å²) in [6.45, 7) is 2.00. The van der Waals surface area contributed by atoms with Crippen molar-refractivity contribution in [3.8, 4) is 0 Å². The predicted octanol–water partition coefficient (Wildman–Crippen LogP) is 0.258. The highest BCUT2D eigenvalue weighted by molar-refractivity contribution is 5.89. The van der Waals surface area contributed by atoms with E-state index in [1.165, 1.54) is 14.0 Å². The van der Waals surface area contributed by atoms with Gasteiger partial charge in [-0.25, -0.2) is 4.79 Å². The molecular formula is C33H45NO11. The first-order valence-corrected chi connectivity index (χ1v) is 15.8. The van der Waals surface area contributed by atoms with Crippen molar-refractivity contribution in [2.75, 3.05) is 48.6 Å². The number of aliphatic hydroxyl groups is 3. The first-order valence-electron chi connectivity index (χ1n) is 15.8. The van der Waals surface area contributed by atoms with E-state index in [1.807, 2.05) is 7.05 Å². The molecule has 5 aliphatic carbocycles. The van der Waals surface area contributed by atoms with E-state index in [0.717, 1.165) is 0 Å². The number of nitrogens with zero attached hydrogens (tertiary/aromatic N) is 1. The van der Waals surface area contributed by atoms with Gasteiger partial charge in [0.15, 0.2) is 5.60 Å². The second kappa shape index (κ2) is 10.4. The average molecular weight is 632 g/mol. The average Bonchev–Trinajstić information content (AvgIpc) is 3.40. The van der Waals surface area contributed by atoms with Crippen LogP contribution in [-0.2, 0) is 33.2 Å². The van der Waals surface area contributed by atoms with Crippen LogP contribution in [-0.4, -0.2) is 135 Å². The smallest absolute Gasteiger partial charge is 0.338 e. The molecule has 1 heterocycles. The van der Waals surface area contributed by atoms with Gasteiger partial charge in [0.05, 0.1) is 30.5 Å². The van der Waals surface area contributed by atoms with Gasteiger partial charge in [-0.05, 0) is 31.5 Å². The number of rotatable bonds is 8. The molecule has 6 fully saturated rings. The molecule has 1 aromatic carbocycles. The number of piperidine rings is 1. The summed E-state index contributed by atoms with van der Waals surface area (Å²) in [6, 6.07) is 8.15. The minimum absolute atomic E-state index is 0.0754. The van der Waals surface area contributed by atoms with Crippen molar-refractivity contribution in [2.24, 2.45) is 34.5 Å². The zero-order valence-corrected chi connectivity index (χ0v) is 26.6. The van der Waals surface area contributed by atoms with Crippen LogP contribution in [0.1, 0.15) is 30.1 Å². The van der Waals surface area contributed by atoms with Crippen LogP contribution in [0.5, 0.6) is 0 Å². The van der Waals surface area contributed by atoms with Crippen LogP contribution in [0, 0.1) is 34.5 Å². The highest BCUT2D eigenvalue weighted by Gasteiger charge is 2.92. The van der Waals surface area contributed by atoms with Crippen LogP contribution in [0.4, 0.5) is 0 Å². The van der Waals surface area contributed by atoms with E-state index in [4.69, 9.17) is 28.4 Å². The summed E-state index contributed by atoms with van der Waals surface area (Å²) in [7, 11) is 8.20. The van der Waals surface area contributed by atoms with Gasteiger partial charge in [-0.3, -0.25) is 4.79 Å². The molecule has 45 heavy (non-hydrogen) atoms. The van der Waals surface area contributed by atoms with Gasteiger partial charge in [0.1, 0.15) is 23.9 Å². The zero-order chi connectivity index (χ0) is 32.3. The number of ether oxygens (including phenoxy) is 6. The van der Waals surface area contributed by atoms with Gasteiger partial charge in [0.2, 0.25) is 0 Å². The van der Waals surface area contributed by atoms with E-state index in [9.17, 15) is 24.9 Å². The fourth-order valence-corrected chi connectivity index (χ4v) is 12.2. The topological polar surface area (TPSA) is 153 Å². The number of carbonyl (C=O) groups is 2. The van der Waals surface area contributed by atoms with Crippen LogP contribution < -0.4 is 0 Å². The quantitative estimate of drug-likeness (QED) is 0.337. The normalized spacial score (nSPS) is 50.7. The Morgan fingerprint density at radius 1 is 1.00 bits per heavy atom. The number of hydrogen-bond donors (Lipinski definition) is 3. The number of likely N-dealkylation sites (tertiary alicyclic amines) is 1. The summed E-state index contributed by atoms with van der Waals surface area (Å²) < 4.78 is 37.2. The summed E-state index contributed by atoms with van der Waals surface area (Å²) in [5.74, 6) is -3.66. The van der Waals surface area contributed by atoms with Crippen LogP contribution in [0.3, 0.4) is 0 Å². The highest BCUT2D eigenvalue weighted by Crippen LogP contribution is 2.80. The van der Waals surface area contributed by atoms with E-state index >= 15 is 0 Å². The molecule has 1 aromatic rings. The second-order valence-corrected chi connectivity index (χ2v) is 14.3. The van der Waals surface area contributed by atoms with Crippen molar-refractivity contribution in [1.29, 1.82) is 0 Å². The number of fused-ring (bicyclic) bond motifs is 2. The molecule has 12 nitrogen and oxygen atoms in total. The van der Waals surface area contributed by atoms with Gasteiger partial charge in [0, 0.05) is 83.0 Å². The van der Waals surface area contributed by atoms with Crippen LogP contribution in [0.2, 0.25) is 0 Å².